The Hall–Kier alpha value is -0.980. The molecular weight excluding hydrogens is 266 g/mol. The largest absolute Gasteiger partial charge is 0.497 e. The molecule has 0 saturated heterocycles. The molecule has 0 radical (unpaired) electrons. The monoisotopic (exact) mass is 279 g/mol. The van der Waals surface area contributed by atoms with E-state index in [-0.39, 0.29) is 23.1 Å². The van der Waals surface area contributed by atoms with Gasteiger partial charge in [-0.2, -0.15) is 0 Å². The first-order chi connectivity index (χ1) is 8.05. The van der Waals surface area contributed by atoms with Gasteiger partial charge in [-0.3, -0.25) is 0 Å². The van der Waals surface area contributed by atoms with Gasteiger partial charge < -0.3 is 9.47 Å². The summed E-state index contributed by atoms with van der Waals surface area (Å²) in [5, 5.41) is 0. The lowest BCUT2D eigenvalue weighted by atomic mass is 10.3. The van der Waals surface area contributed by atoms with Gasteiger partial charge in [0.25, 0.3) is 0 Å². The number of halogens is 1. The van der Waals surface area contributed by atoms with Crippen molar-refractivity contribution in [3.63, 3.8) is 0 Å². The van der Waals surface area contributed by atoms with E-state index in [9.17, 15) is 8.42 Å². The highest BCUT2D eigenvalue weighted by Gasteiger charge is 2.19. The van der Waals surface area contributed by atoms with E-state index in [1.807, 2.05) is 0 Å². The van der Waals surface area contributed by atoms with Crippen molar-refractivity contribution >= 4 is 21.6 Å². The summed E-state index contributed by atoms with van der Waals surface area (Å²) in [6, 6.07) is 4.56. The summed E-state index contributed by atoms with van der Waals surface area (Å²) in [5.74, 6) is 0.899. The molecule has 5 nitrogen and oxygen atoms in total. The molecular formula is C10H14ClNO4S. The Labute approximate surface area is 106 Å². The normalized spacial score (nSPS) is 11.2. The second-order valence-electron chi connectivity index (χ2n) is 3.10. The number of rotatable bonds is 6. The van der Waals surface area contributed by atoms with Gasteiger partial charge in [-0.25, -0.2) is 13.1 Å². The summed E-state index contributed by atoms with van der Waals surface area (Å²) in [6.07, 6.45) is 0. The van der Waals surface area contributed by atoms with E-state index in [1.165, 1.54) is 26.4 Å². The zero-order chi connectivity index (χ0) is 12.9. The van der Waals surface area contributed by atoms with E-state index >= 15 is 0 Å². The van der Waals surface area contributed by atoms with E-state index in [0.29, 0.717) is 5.75 Å². The van der Waals surface area contributed by atoms with Gasteiger partial charge in [-0.05, 0) is 12.1 Å². The minimum Gasteiger partial charge on any atom is -0.497 e. The molecule has 1 aromatic rings. The Bertz CT molecular complexity index is 475. The maximum Gasteiger partial charge on any atom is 0.244 e. The maximum atomic E-state index is 11.9. The van der Waals surface area contributed by atoms with Crippen molar-refractivity contribution in [2.45, 2.75) is 4.90 Å². The van der Waals surface area contributed by atoms with Crippen LogP contribution in [0.25, 0.3) is 0 Å². The number of alkyl halides is 1. The lowest BCUT2D eigenvalue weighted by molar-refractivity contribution is 0.392. The quantitative estimate of drug-likeness (QED) is 0.795. The SMILES string of the molecule is COc1ccc(OC)c(S(=O)(=O)NCCCl)c1. The molecule has 1 N–H and O–H groups in total. The second-order valence-corrected chi connectivity index (χ2v) is 5.22. The lowest BCUT2D eigenvalue weighted by Crippen LogP contribution is -2.26. The molecule has 0 fully saturated rings. The molecule has 0 spiro atoms. The zero-order valence-electron chi connectivity index (χ0n) is 9.57. The number of hydrogen-bond donors (Lipinski definition) is 1. The fourth-order valence-corrected chi connectivity index (χ4v) is 2.67. The number of nitrogens with one attached hydrogen (secondary N) is 1. The number of hydrogen-bond acceptors (Lipinski definition) is 4. The summed E-state index contributed by atoms with van der Waals surface area (Å²) in [7, 11) is -0.769. The van der Waals surface area contributed by atoms with Crippen molar-refractivity contribution in [1.29, 1.82) is 0 Å². The fourth-order valence-electron chi connectivity index (χ4n) is 1.24. The van der Waals surface area contributed by atoms with Gasteiger partial charge in [0.2, 0.25) is 10.0 Å². The average molecular weight is 280 g/mol. The van der Waals surface area contributed by atoms with Crippen LogP contribution < -0.4 is 14.2 Å². The van der Waals surface area contributed by atoms with Gasteiger partial charge in [-0.15, -0.1) is 11.6 Å². The van der Waals surface area contributed by atoms with Crippen LogP contribution in [0.1, 0.15) is 0 Å². The highest BCUT2D eigenvalue weighted by molar-refractivity contribution is 7.89. The highest BCUT2D eigenvalue weighted by Crippen LogP contribution is 2.27. The minimum absolute atomic E-state index is 0.0319. The number of ether oxygens (including phenoxy) is 2. The first-order valence-electron chi connectivity index (χ1n) is 4.83. The van der Waals surface area contributed by atoms with Crippen molar-refractivity contribution in [2.24, 2.45) is 0 Å². The van der Waals surface area contributed by atoms with Crippen LogP contribution in [0.2, 0.25) is 0 Å². The van der Waals surface area contributed by atoms with Gasteiger partial charge in [0.1, 0.15) is 16.4 Å². The van der Waals surface area contributed by atoms with Crippen LogP contribution in [0.15, 0.2) is 23.1 Å². The summed E-state index contributed by atoms with van der Waals surface area (Å²) >= 11 is 5.44. The molecule has 0 amide bonds. The van der Waals surface area contributed by atoms with Gasteiger partial charge in [-0.1, -0.05) is 0 Å². The summed E-state index contributed by atoms with van der Waals surface area (Å²) in [6.45, 7) is 0.157. The first kappa shape index (κ1) is 14.1. The third-order valence-corrected chi connectivity index (χ3v) is 3.72. The molecule has 0 heterocycles. The molecule has 1 aromatic carbocycles. The standard InChI is InChI=1S/C10H14ClNO4S/c1-15-8-3-4-9(16-2)10(7-8)17(13,14)12-6-5-11/h3-4,7,12H,5-6H2,1-2H3. The first-order valence-corrected chi connectivity index (χ1v) is 6.84. The van der Waals surface area contributed by atoms with Crippen molar-refractivity contribution in [1.82, 2.24) is 4.72 Å². The van der Waals surface area contributed by atoms with Crippen molar-refractivity contribution in [2.75, 3.05) is 26.6 Å². The fraction of sp³-hybridized carbons (Fsp3) is 0.400. The maximum absolute atomic E-state index is 11.9. The summed E-state index contributed by atoms with van der Waals surface area (Å²) in [4.78, 5) is 0.0319. The number of methoxy groups -OCH3 is 2. The molecule has 0 aliphatic carbocycles. The van der Waals surface area contributed by atoms with Crippen LogP contribution in [0.3, 0.4) is 0 Å². The smallest absolute Gasteiger partial charge is 0.244 e. The topological polar surface area (TPSA) is 64.6 Å². The van der Waals surface area contributed by atoms with Crippen LogP contribution in [0.5, 0.6) is 11.5 Å². The van der Waals surface area contributed by atoms with E-state index in [4.69, 9.17) is 21.1 Å². The minimum atomic E-state index is -3.64. The average Bonchev–Trinajstić information content (AvgIpc) is 2.35. The van der Waals surface area contributed by atoms with Gasteiger partial charge in [0.15, 0.2) is 0 Å². The van der Waals surface area contributed by atoms with E-state index in [0.717, 1.165) is 0 Å². The Morgan fingerprint density at radius 3 is 2.53 bits per heavy atom. The summed E-state index contributed by atoms with van der Waals surface area (Å²) < 4.78 is 36.2. The highest BCUT2D eigenvalue weighted by atomic mass is 35.5. The van der Waals surface area contributed by atoms with Crippen LogP contribution in [-0.4, -0.2) is 35.1 Å². The van der Waals surface area contributed by atoms with Gasteiger partial charge >= 0.3 is 0 Å². The molecule has 0 unspecified atom stereocenters. The molecule has 0 atom stereocenters. The van der Waals surface area contributed by atoms with Crippen LogP contribution in [0, 0.1) is 0 Å². The number of sulfonamides is 1. The second kappa shape index (κ2) is 6.09. The summed E-state index contributed by atoms with van der Waals surface area (Å²) in [5.41, 5.74) is 0. The van der Waals surface area contributed by atoms with Gasteiger partial charge in [0, 0.05) is 18.5 Å². The van der Waals surface area contributed by atoms with Crippen LogP contribution in [0.4, 0.5) is 0 Å². The van der Waals surface area contributed by atoms with Crippen LogP contribution >= 0.6 is 11.6 Å². The third kappa shape index (κ3) is 3.49. The van der Waals surface area contributed by atoms with Crippen molar-refractivity contribution in [3.05, 3.63) is 18.2 Å². The predicted octanol–water partition coefficient (Wildman–Crippen LogP) is 1.22. The van der Waals surface area contributed by atoms with E-state index in [1.54, 1.807) is 6.07 Å². The Kier molecular flexibility index (Phi) is 5.04. The molecule has 0 aromatic heterocycles. The molecule has 17 heavy (non-hydrogen) atoms. The Morgan fingerprint density at radius 1 is 1.29 bits per heavy atom. The molecule has 0 aliphatic rings. The zero-order valence-corrected chi connectivity index (χ0v) is 11.1. The molecule has 7 heteroatoms. The molecule has 96 valence electrons. The number of benzene rings is 1. The Morgan fingerprint density at radius 2 is 2.00 bits per heavy atom. The van der Waals surface area contributed by atoms with Gasteiger partial charge in [0.05, 0.1) is 14.2 Å². The molecule has 1 rings (SSSR count). The molecule has 0 bridgehead atoms. The van der Waals surface area contributed by atoms with E-state index < -0.39 is 10.0 Å². The van der Waals surface area contributed by atoms with E-state index in [2.05, 4.69) is 4.72 Å². The van der Waals surface area contributed by atoms with Crippen molar-refractivity contribution < 1.29 is 17.9 Å². The third-order valence-electron chi connectivity index (χ3n) is 2.05. The Balaban J connectivity index is 3.17. The molecule has 0 aliphatic heterocycles. The van der Waals surface area contributed by atoms with Crippen LogP contribution in [-0.2, 0) is 10.0 Å². The van der Waals surface area contributed by atoms with Crippen molar-refractivity contribution in [3.8, 4) is 11.5 Å². The predicted molar refractivity (Wildman–Crippen MR) is 65.5 cm³/mol. The molecule has 0 saturated carbocycles. The lowest BCUT2D eigenvalue weighted by Gasteiger charge is -2.11.